The van der Waals surface area contributed by atoms with Crippen LogP contribution in [0.2, 0.25) is 0 Å². The number of alkyl halides is 3. The maximum atomic E-state index is 12.5. The van der Waals surface area contributed by atoms with Crippen LogP contribution in [0.1, 0.15) is 18.2 Å². The molecular weight excluding hydrogens is 245 g/mol. The van der Waals surface area contributed by atoms with Gasteiger partial charge in [-0.25, -0.2) is 0 Å². The normalized spacial score (nSPS) is 19.7. The van der Waals surface area contributed by atoms with Crippen molar-refractivity contribution in [2.75, 3.05) is 19.6 Å². The topological polar surface area (TPSA) is 42.4 Å². The van der Waals surface area contributed by atoms with E-state index in [1.54, 1.807) is 18.4 Å². The Bertz CT molecular complexity index is 411. The summed E-state index contributed by atoms with van der Waals surface area (Å²) >= 11 is 0. The van der Waals surface area contributed by atoms with Crippen molar-refractivity contribution in [3.63, 3.8) is 0 Å². The highest BCUT2D eigenvalue weighted by molar-refractivity contribution is 5.15. The average Bonchev–Trinajstić information content (AvgIpc) is 2.83. The van der Waals surface area contributed by atoms with Crippen molar-refractivity contribution in [1.29, 1.82) is 0 Å². The van der Waals surface area contributed by atoms with E-state index in [0.29, 0.717) is 18.8 Å². The second-order valence-corrected chi connectivity index (χ2v) is 4.24. The molecule has 3 nitrogen and oxygen atoms in total. The molecule has 18 heavy (non-hydrogen) atoms. The fourth-order valence-electron chi connectivity index (χ4n) is 2.15. The molecule has 0 saturated carbocycles. The maximum absolute atomic E-state index is 12.5. The molecule has 1 aromatic rings. The third-order valence-corrected chi connectivity index (χ3v) is 3.14. The highest BCUT2D eigenvalue weighted by atomic mass is 19.4. The Hall–Kier alpha value is -1.27. The zero-order valence-corrected chi connectivity index (χ0v) is 9.78. The Morgan fingerprint density at radius 3 is 2.67 bits per heavy atom. The summed E-state index contributed by atoms with van der Waals surface area (Å²) in [5, 5.41) is 0. The van der Waals surface area contributed by atoms with Crippen molar-refractivity contribution >= 4 is 0 Å². The molecule has 0 bridgehead atoms. The maximum Gasteiger partial charge on any atom is 0.412 e. The molecule has 1 aliphatic heterocycles. The Morgan fingerprint density at radius 1 is 1.44 bits per heavy atom. The highest BCUT2D eigenvalue weighted by Gasteiger charge is 2.36. The van der Waals surface area contributed by atoms with E-state index in [4.69, 9.17) is 10.2 Å². The van der Waals surface area contributed by atoms with E-state index >= 15 is 0 Å². The molecule has 0 aliphatic carbocycles. The number of hydrogen-bond donors (Lipinski definition) is 1. The van der Waals surface area contributed by atoms with Crippen LogP contribution in [0.25, 0.3) is 0 Å². The predicted molar refractivity (Wildman–Crippen MR) is 60.8 cm³/mol. The summed E-state index contributed by atoms with van der Waals surface area (Å²) in [6.45, 7) is 0.911. The van der Waals surface area contributed by atoms with Crippen molar-refractivity contribution in [2.45, 2.75) is 18.6 Å². The minimum Gasteiger partial charge on any atom is -0.468 e. The third kappa shape index (κ3) is 2.76. The number of rotatable bonds is 3. The fourth-order valence-corrected chi connectivity index (χ4v) is 2.15. The van der Waals surface area contributed by atoms with Gasteiger partial charge >= 0.3 is 6.18 Å². The molecule has 1 aliphatic rings. The van der Waals surface area contributed by atoms with Crippen LogP contribution in [0, 0.1) is 0 Å². The molecule has 0 aromatic carbocycles. The Labute approximate surface area is 103 Å². The van der Waals surface area contributed by atoms with E-state index in [2.05, 4.69) is 0 Å². The van der Waals surface area contributed by atoms with Crippen molar-refractivity contribution < 1.29 is 17.6 Å². The largest absolute Gasteiger partial charge is 0.468 e. The fraction of sp³-hybridized carbons (Fsp3) is 0.500. The van der Waals surface area contributed by atoms with Gasteiger partial charge in [-0.15, -0.1) is 0 Å². The lowest BCUT2D eigenvalue weighted by molar-refractivity contribution is -0.0964. The van der Waals surface area contributed by atoms with Gasteiger partial charge in [0.1, 0.15) is 5.76 Å². The Balaban J connectivity index is 2.07. The van der Waals surface area contributed by atoms with E-state index in [1.807, 2.05) is 4.90 Å². The van der Waals surface area contributed by atoms with Crippen molar-refractivity contribution in [3.8, 4) is 0 Å². The van der Waals surface area contributed by atoms with Gasteiger partial charge in [-0.2, -0.15) is 13.2 Å². The molecule has 100 valence electrons. The molecule has 2 N–H and O–H groups in total. The molecule has 1 aromatic heterocycles. The summed E-state index contributed by atoms with van der Waals surface area (Å²) in [5.74, 6) is 0.696. The van der Waals surface area contributed by atoms with Crippen LogP contribution in [0.5, 0.6) is 0 Å². The van der Waals surface area contributed by atoms with E-state index in [0.717, 1.165) is 0 Å². The summed E-state index contributed by atoms with van der Waals surface area (Å²) in [4.78, 5) is 1.90. The monoisotopic (exact) mass is 260 g/mol. The summed E-state index contributed by atoms with van der Waals surface area (Å²) in [5.41, 5.74) is 5.22. The molecule has 0 radical (unpaired) electrons. The summed E-state index contributed by atoms with van der Waals surface area (Å²) in [7, 11) is 0. The number of halogens is 3. The second-order valence-electron chi connectivity index (χ2n) is 4.24. The van der Waals surface area contributed by atoms with E-state index in [-0.39, 0.29) is 19.0 Å². The molecule has 0 fully saturated rings. The van der Waals surface area contributed by atoms with Crippen LogP contribution in [-0.4, -0.2) is 30.7 Å². The van der Waals surface area contributed by atoms with Crippen LogP contribution < -0.4 is 5.73 Å². The van der Waals surface area contributed by atoms with E-state index < -0.39 is 11.7 Å². The number of hydrogen-bond acceptors (Lipinski definition) is 3. The van der Waals surface area contributed by atoms with Gasteiger partial charge in [0.05, 0.1) is 12.3 Å². The number of nitrogens with two attached hydrogens (primary N) is 1. The average molecular weight is 260 g/mol. The quantitative estimate of drug-likeness (QED) is 0.849. The zero-order valence-electron chi connectivity index (χ0n) is 9.78. The van der Waals surface area contributed by atoms with Crippen LogP contribution in [-0.2, 0) is 0 Å². The third-order valence-electron chi connectivity index (χ3n) is 3.14. The standard InChI is InChI=1S/C12H15F3N2O/c13-12(14,15)9-3-5-17(6-4-9)10(8-16)11-2-1-7-18-11/h1-3,7,10H,4-6,8,16H2. The van der Waals surface area contributed by atoms with Crippen LogP contribution in [0.4, 0.5) is 13.2 Å². The second kappa shape index (κ2) is 5.16. The molecule has 2 heterocycles. The first-order valence-corrected chi connectivity index (χ1v) is 5.76. The summed E-state index contributed by atoms with van der Waals surface area (Å²) in [6.07, 6.45) is -1.44. The highest BCUT2D eigenvalue weighted by Crippen LogP contribution is 2.32. The lowest BCUT2D eigenvalue weighted by Crippen LogP contribution is -2.38. The first-order valence-electron chi connectivity index (χ1n) is 5.76. The minimum atomic E-state index is -4.21. The molecular formula is C12H15F3N2O. The van der Waals surface area contributed by atoms with Crippen molar-refractivity contribution in [2.24, 2.45) is 5.73 Å². The minimum absolute atomic E-state index is 0.000703. The van der Waals surface area contributed by atoms with Gasteiger partial charge in [-0.05, 0) is 18.6 Å². The van der Waals surface area contributed by atoms with E-state index in [9.17, 15) is 13.2 Å². The Kier molecular flexibility index (Phi) is 3.77. The molecule has 0 amide bonds. The van der Waals surface area contributed by atoms with Gasteiger partial charge < -0.3 is 10.2 Å². The first-order chi connectivity index (χ1) is 8.52. The van der Waals surface area contributed by atoms with Crippen molar-refractivity contribution in [1.82, 2.24) is 4.90 Å². The van der Waals surface area contributed by atoms with E-state index in [1.165, 1.54) is 6.08 Å². The molecule has 0 saturated heterocycles. The van der Waals surface area contributed by atoms with Gasteiger partial charge in [0.25, 0.3) is 0 Å². The van der Waals surface area contributed by atoms with Crippen LogP contribution >= 0.6 is 0 Å². The lowest BCUT2D eigenvalue weighted by Gasteiger charge is -2.32. The smallest absolute Gasteiger partial charge is 0.412 e. The number of furan rings is 1. The van der Waals surface area contributed by atoms with Crippen LogP contribution in [0.3, 0.4) is 0 Å². The zero-order chi connectivity index (χ0) is 13.2. The van der Waals surface area contributed by atoms with Gasteiger partial charge in [0, 0.05) is 25.2 Å². The Morgan fingerprint density at radius 2 is 2.22 bits per heavy atom. The van der Waals surface area contributed by atoms with Gasteiger partial charge in [0.2, 0.25) is 0 Å². The molecule has 1 unspecified atom stereocenters. The van der Waals surface area contributed by atoms with Gasteiger partial charge in [0.15, 0.2) is 0 Å². The number of nitrogens with zero attached hydrogens (tertiary/aromatic N) is 1. The van der Waals surface area contributed by atoms with Gasteiger partial charge in [-0.3, -0.25) is 4.90 Å². The first kappa shape index (κ1) is 13.2. The molecule has 6 heteroatoms. The molecule has 0 spiro atoms. The van der Waals surface area contributed by atoms with Crippen LogP contribution in [0.15, 0.2) is 34.5 Å². The summed E-state index contributed by atoms with van der Waals surface area (Å²) in [6, 6.07) is 3.38. The molecule has 2 rings (SSSR count). The molecule has 1 atom stereocenters. The van der Waals surface area contributed by atoms with Crippen molar-refractivity contribution in [3.05, 3.63) is 35.8 Å². The summed E-state index contributed by atoms with van der Waals surface area (Å²) < 4.78 is 42.8. The lowest BCUT2D eigenvalue weighted by atomic mass is 10.0. The SMILES string of the molecule is NCC(c1ccco1)N1CC=C(C(F)(F)F)CC1. The van der Waals surface area contributed by atoms with Gasteiger partial charge in [-0.1, -0.05) is 6.08 Å². The predicted octanol–water partition coefficient (Wildman–Crippen LogP) is 2.47.